The van der Waals surface area contributed by atoms with Crippen molar-refractivity contribution in [2.75, 3.05) is 40.4 Å². The first kappa shape index (κ1) is 27.4. The summed E-state index contributed by atoms with van der Waals surface area (Å²) in [6, 6.07) is 12.4. The number of aromatic nitrogens is 1. The van der Waals surface area contributed by atoms with E-state index in [1.165, 1.54) is 24.1 Å². The van der Waals surface area contributed by atoms with Crippen LogP contribution in [0.2, 0.25) is 0 Å². The number of β-amino-alcohol motifs (C(OH)–C–C–N with tert-alkyl or cyclic N) is 1. The van der Waals surface area contributed by atoms with Crippen LogP contribution in [0.1, 0.15) is 18.0 Å². The van der Waals surface area contributed by atoms with E-state index in [9.17, 15) is 24.2 Å². The summed E-state index contributed by atoms with van der Waals surface area (Å²) in [5.74, 6) is 0.0607. The number of nitrogens with zero attached hydrogens (tertiary/aromatic N) is 5. The number of benzene rings is 2. The van der Waals surface area contributed by atoms with Crippen LogP contribution in [0.4, 0.5) is 11.4 Å². The van der Waals surface area contributed by atoms with E-state index in [4.69, 9.17) is 8.92 Å². The molecular weight excluding hydrogens is 514 g/mol. The predicted molar refractivity (Wildman–Crippen MR) is 142 cm³/mol. The van der Waals surface area contributed by atoms with Crippen molar-refractivity contribution in [1.29, 1.82) is 0 Å². The normalized spacial score (nSPS) is 17.4. The summed E-state index contributed by atoms with van der Waals surface area (Å²) >= 11 is 0. The molecule has 0 aliphatic carbocycles. The van der Waals surface area contributed by atoms with Crippen molar-refractivity contribution in [1.82, 2.24) is 14.8 Å². The van der Waals surface area contributed by atoms with Gasteiger partial charge in [0, 0.05) is 50.4 Å². The number of pyridine rings is 1. The Labute approximate surface area is 221 Å². The molecule has 1 aliphatic rings. The fourth-order valence-electron chi connectivity index (χ4n) is 4.40. The van der Waals surface area contributed by atoms with Gasteiger partial charge >= 0.3 is 0 Å². The fraction of sp³-hybridized carbons (Fsp3) is 0.360. The number of thiol groups is 1. The summed E-state index contributed by atoms with van der Waals surface area (Å²) in [6.07, 6.45) is 1.76. The van der Waals surface area contributed by atoms with Gasteiger partial charge in [0.05, 0.1) is 24.2 Å². The maximum atomic E-state index is 13.3. The van der Waals surface area contributed by atoms with E-state index >= 15 is 0 Å². The number of nitro groups is 1. The number of rotatable bonds is 10. The molecule has 1 aromatic heterocycles. The van der Waals surface area contributed by atoms with Crippen molar-refractivity contribution in [3.8, 4) is 5.75 Å². The number of carbonyl (C=O) groups is 1. The molecule has 1 N–H and O–H groups in total. The molecule has 1 aliphatic heterocycles. The van der Waals surface area contributed by atoms with Gasteiger partial charge in [-0.25, -0.2) is 4.21 Å². The molecule has 13 heteroatoms. The molecule has 1 amide bonds. The lowest BCUT2D eigenvalue weighted by molar-refractivity contribution is -0.385. The van der Waals surface area contributed by atoms with Crippen molar-refractivity contribution in [3.63, 3.8) is 0 Å². The van der Waals surface area contributed by atoms with E-state index < -0.39 is 27.9 Å². The number of hydrogen-bond acceptors (Lipinski definition) is 10. The second-order valence-corrected chi connectivity index (χ2v) is 9.91. The third kappa shape index (κ3) is 6.42. The van der Waals surface area contributed by atoms with E-state index in [0.717, 1.165) is 0 Å². The van der Waals surface area contributed by atoms with Crippen LogP contribution in [0.25, 0.3) is 10.9 Å². The Bertz CT molecular complexity index is 1410. The molecule has 1 fully saturated rings. The van der Waals surface area contributed by atoms with E-state index in [0.29, 0.717) is 54.0 Å². The minimum Gasteiger partial charge on any atom is -0.483 e. The van der Waals surface area contributed by atoms with Crippen molar-refractivity contribution in [3.05, 3.63) is 70.4 Å². The van der Waals surface area contributed by atoms with E-state index in [2.05, 4.69) is 9.35 Å². The quantitative estimate of drug-likeness (QED) is 0.224. The summed E-state index contributed by atoms with van der Waals surface area (Å²) in [7, 11) is 0.688. The Hall–Kier alpha value is -3.65. The second-order valence-electron chi connectivity index (χ2n) is 8.87. The number of likely N-dealkylation sites (N-methyl/N-ethyl adjacent to an activating group) is 1. The van der Waals surface area contributed by atoms with E-state index in [1.807, 2.05) is 4.90 Å². The number of aliphatic hydroxyl groups excluding tert-OH is 1. The van der Waals surface area contributed by atoms with Gasteiger partial charge in [-0.1, -0.05) is 12.1 Å². The number of ether oxygens (including phenoxy) is 1. The zero-order chi connectivity index (χ0) is 27.2. The van der Waals surface area contributed by atoms with E-state index in [-0.39, 0.29) is 18.2 Å². The van der Waals surface area contributed by atoms with Gasteiger partial charge in [-0.2, -0.15) is 4.36 Å². The number of aliphatic hydroxyl groups is 1. The molecule has 3 aromatic rings. The average Bonchev–Trinajstić information content (AvgIpc) is 3.35. The summed E-state index contributed by atoms with van der Waals surface area (Å²) in [5, 5.41) is 21.9. The largest absolute Gasteiger partial charge is 0.483 e. The van der Waals surface area contributed by atoms with Crippen LogP contribution < -0.4 is 4.74 Å². The smallest absolute Gasteiger partial charge is 0.269 e. The van der Waals surface area contributed by atoms with Crippen LogP contribution in [0, 0.1) is 10.1 Å². The Morgan fingerprint density at radius 1 is 1.34 bits per heavy atom. The number of non-ortho nitro benzene ring substituents is 1. The lowest BCUT2D eigenvalue weighted by Crippen LogP contribution is -2.41. The number of hydrogen-bond donors (Lipinski definition) is 2. The molecule has 0 spiro atoms. The molecule has 0 radical (unpaired) electrons. The Morgan fingerprint density at radius 3 is 2.87 bits per heavy atom. The third-order valence-corrected chi connectivity index (χ3v) is 7.10. The number of fused-ring (bicyclic) bond motifs is 1. The van der Waals surface area contributed by atoms with Gasteiger partial charge in [-0.15, -0.1) is 0 Å². The fourth-order valence-corrected chi connectivity index (χ4v) is 4.82. The number of nitro benzene ring substituents is 1. The lowest BCUT2D eigenvalue weighted by Gasteiger charge is -2.32. The molecule has 202 valence electrons. The Morgan fingerprint density at radius 2 is 2.16 bits per heavy atom. The van der Waals surface area contributed by atoms with Gasteiger partial charge in [0.25, 0.3) is 11.6 Å². The van der Waals surface area contributed by atoms with Crippen molar-refractivity contribution in [2.45, 2.75) is 18.6 Å². The van der Waals surface area contributed by atoms with Crippen LogP contribution in [-0.2, 0) is 19.9 Å². The first-order chi connectivity index (χ1) is 18.3. The van der Waals surface area contributed by atoms with Gasteiger partial charge in [-0.3, -0.25) is 29.0 Å². The molecule has 4 rings (SSSR count). The molecule has 38 heavy (non-hydrogen) atoms. The molecule has 2 aromatic carbocycles. The molecular formula is C25H29N5O7S. The van der Waals surface area contributed by atoms with Gasteiger partial charge < -0.3 is 14.7 Å². The second kappa shape index (κ2) is 12.3. The van der Waals surface area contributed by atoms with Crippen molar-refractivity contribution in [2.24, 2.45) is 4.36 Å². The highest BCUT2D eigenvalue weighted by atomic mass is 32.2. The van der Waals surface area contributed by atoms with Crippen LogP contribution >= 0.6 is 0 Å². The topological polar surface area (TPSA) is 148 Å². The monoisotopic (exact) mass is 543 g/mol. The van der Waals surface area contributed by atoms with Crippen LogP contribution in [0.5, 0.6) is 5.75 Å². The summed E-state index contributed by atoms with van der Waals surface area (Å²) < 4.78 is 26.4. The van der Waals surface area contributed by atoms with Gasteiger partial charge in [-0.05, 0) is 36.2 Å². The van der Waals surface area contributed by atoms with Crippen molar-refractivity contribution >= 4 is 39.1 Å². The van der Waals surface area contributed by atoms with Gasteiger partial charge in [0.2, 0.25) is 0 Å². The maximum Gasteiger partial charge on any atom is 0.269 e. The SMILES string of the molecule is CO[SH](=O)=Nc1ccc(OCC(=O)N(C)C(CN2CC[C@H](O)C2)c2cccc([N+](=O)[O-])c2)c2cccnc12. The van der Waals surface area contributed by atoms with E-state index in [1.54, 1.807) is 49.6 Å². The average molecular weight is 544 g/mol. The highest BCUT2D eigenvalue weighted by molar-refractivity contribution is 7.69. The highest BCUT2D eigenvalue weighted by Gasteiger charge is 2.29. The zero-order valence-corrected chi connectivity index (χ0v) is 21.9. The van der Waals surface area contributed by atoms with Crippen LogP contribution in [-0.4, -0.2) is 81.4 Å². The first-order valence-corrected chi connectivity index (χ1v) is 13.0. The molecule has 0 saturated carbocycles. The maximum absolute atomic E-state index is 13.3. The third-order valence-electron chi connectivity index (χ3n) is 6.41. The number of carbonyl (C=O) groups excluding carboxylic acids is 1. The zero-order valence-electron chi connectivity index (χ0n) is 21.0. The summed E-state index contributed by atoms with van der Waals surface area (Å²) in [4.78, 5) is 32.0. The first-order valence-electron chi connectivity index (χ1n) is 11.9. The molecule has 12 nitrogen and oxygen atoms in total. The Balaban J connectivity index is 1.56. The Kier molecular flexibility index (Phi) is 8.84. The predicted octanol–water partition coefficient (Wildman–Crippen LogP) is 2.65. The standard InChI is InChI=1S/C25H29N5O7S/c1-28(22(15-29-12-10-19(31)14-29)17-5-3-6-18(13-17)30(33)34)24(32)16-37-23-9-8-21(27-38(35)36-2)25-20(23)7-4-11-26-25/h3-9,11,13,19,22,31,38H,10,12,14-16H2,1-2H3/t19-,22?/m0/s1. The molecule has 2 heterocycles. The van der Waals surface area contributed by atoms with Crippen molar-refractivity contribution < 1.29 is 28.0 Å². The van der Waals surface area contributed by atoms with Crippen LogP contribution in [0.3, 0.4) is 0 Å². The number of likely N-dealkylation sites (tertiary alicyclic amines) is 1. The highest BCUT2D eigenvalue weighted by Crippen LogP contribution is 2.32. The minimum atomic E-state index is -2.24. The lowest BCUT2D eigenvalue weighted by atomic mass is 10.0. The minimum absolute atomic E-state index is 0.0641. The van der Waals surface area contributed by atoms with Gasteiger partial charge in [0.1, 0.15) is 17.0 Å². The molecule has 2 unspecified atom stereocenters. The van der Waals surface area contributed by atoms with Gasteiger partial charge in [0.15, 0.2) is 17.5 Å². The summed E-state index contributed by atoms with van der Waals surface area (Å²) in [6.45, 7) is 1.24. The number of amides is 1. The molecule has 3 atom stereocenters. The summed E-state index contributed by atoms with van der Waals surface area (Å²) in [5.41, 5.74) is 1.38. The van der Waals surface area contributed by atoms with Crippen LogP contribution in [0.15, 0.2) is 59.1 Å². The molecule has 0 bridgehead atoms. The molecule has 1 saturated heterocycles.